The molecular weight excluding hydrogens is 472 g/mol. The lowest BCUT2D eigenvalue weighted by molar-refractivity contribution is -0.115. The molecule has 6 nitrogen and oxygen atoms in total. The van der Waals surface area contributed by atoms with Crippen LogP contribution in [0, 0.1) is 6.92 Å². The average molecular weight is 497 g/mol. The third-order valence-electron chi connectivity index (χ3n) is 5.75. The van der Waals surface area contributed by atoms with Crippen LogP contribution >= 0.6 is 34.4 Å². The molecule has 0 spiro atoms. The van der Waals surface area contributed by atoms with E-state index in [-0.39, 0.29) is 17.9 Å². The zero-order valence-electron chi connectivity index (χ0n) is 18.5. The third-order valence-corrected chi connectivity index (χ3v) is 8.90. The Morgan fingerprint density at radius 1 is 1.18 bits per heavy atom. The lowest BCUT2D eigenvalue weighted by Gasteiger charge is -2.10. The molecule has 3 heterocycles. The highest BCUT2D eigenvalue weighted by Crippen LogP contribution is 2.35. The molecule has 0 saturated heterocycles. The van der Waals surface area contributed by atoms with Crippen LogP contribution in [0.25, 0.3) is 10.2 Å². The third kappa shape index (κ3) is 4.76. The van der Waals surface area contributed by atoms with E-state index in [1.54, 1.807) is 23.0 Å². The molecule has 1 N–H and O–H groups in total. The van der Waals surface area contributed by atoms with Crippen LogP contribution in [0.15, 0.2) is 39.6 Å². The number of thioether (sulfide) groups is 1. The smallest absolute Gasteiger partial charge is 0.262 e. The second kappa shape index (κ2) is 9.40. The summed E-state index contributed by atoms with van der Waals surface area (Å²) in [6.45, 7) is 2.01. The number of amides is 1. The topological polar surface area (TPSA) is 76.9 Å². The van der Waals surface area contributed by atoms with Gasteiger partial charge < -0.3 is 5.32 Å². The molecule has 0 unspecified atom stereocenters. The van der Waals surface area contributed by atoms with Crippen molar-refractivity contribution < 1.29 is 4.79 Å². The van der Waals surface area contributed by atoms with Gasteiger partial charge in [-0.15, -0.1) is 22.7 Å². The zero-order valence-corrected chi connectivity index (χ0v) is 21.0. The van der Waals surface area contributed by atoms with Gasteiger partial charge in [-0.25, -0.2) is 9.97 Å². The fraction of sp³-hybridized carbons (Fsp3) is 0.333. The number of benzene rings is 1. The summed E-state index contributed by atoms with van der Waals surface area (Å²) in [5, 5.41) is 7.19. The van der Waals surface area contributed by atoms with E-state index in [9.17, 15) is 9.59 Å². The lowest BCUT2D eigenvalue weighted by Crippen LogP contribution is -2.20. The summed E-state index contributed by atoms with van der Waals surface area (Å²) >= 11 is 4.67. The van der Waals surface area contributed by atoms with Crippen LogP contribution in [0.1, 0.15) is 39.5 Å². The molecule has 33 heavy (non-hydrogen) atoms. The number of aromatic nitrogens is 3. The van der Waals surface area contributed by atoms with Crippen molar-refractivity contribution in [2.75, 3.05) is 5.32 Å². The highest BCUT2D eigenvalue weighted by atomic mass is 32.2. The second-order valence-corrected chi connectivity index (χ2v) is 11.2. The Bertz CT molecular complexity index is 1390. The molecule has 5 rings (SSSR count). The van der Waals surface area contributed by atoms with Gasteiger partial charge in [0.05, 0.1) is 17.5 Å². The standard InChI is InChI=1S/C24H24N4O2S3/c1-14-7-9-15(10-8-14)25-19(29)11-20-26-16(12-31-20)13-32-24-27-22-21(23(30)28(24)2)17-5-3-4-6-18(17)33-22/h7-10,12H,3-6,11,13H2,1-2H3,(H,25,29). The van der Waals surface area contributed by atoms with Gasteiger partial charge in [0.2, 0.25) is 5.91 Å². The van der Waals surface area contributed by atoms with Crippen molar-refractivity contribution in [1.82, 2.24) is 14.5 Å². The Balaban J connectivity index is 1.25. The zero-order chi connectivity index (χ0) is 22.9. The Kier molecular flexibility index (Phi) is 6.36. The largest absolute Gasteiger partial charge is 0.326 e. The second-order valence-electron chi connectivity index (χ2n) is 8.26. The van der Waals surface area contributed by atoms with Crippen LogP contribution in [0.4, 0.5) is 5.69 Å². The van der Waals surface area contributed by atoms with Crippen molar-refractivity contribution in [2.45, 2.75) is 49.9 Å². The summed E-state index contributed by atoms with van der Waals surface area (Å²) in [6.07, 6.45) is 4.62. The summed E-state index contributed by atoms with van der Waals surface area (Å²) < 4.78 is 1.66. The normalized spacial score (nSPS) is 13.3. The first-order valence-corrected chi connectivity index (χ1v) is 13.6. The number of carbonyl (C=O) groups excluding carboxylic acids is 1. The Morgan fingerprint density at radius 2 is 1.97 bits per heavy atom. The SMILES string of the molecule is Cc1ccc(NC(=O)Cc2nc(CSc3nc4sc5c(c4c(=O)n3C)CCCC5)cs2)cc1. The van der Waals surface area contributed by atoms with Gasteiger partial charge in [-0.05, 0) is 50.3 Å². The predicted molar refractivity (Wildman–Crippen MR) is 137 cm³/mol. The van der Waals surface area contributed by atoms with Crippen LogP contribution in [0.5, 0.6) is 0 Å². The van der Waals surface area contributed by atoms with Crippen LogP contribution in [-0.4, -0.2) is 20.4 Å². The Morgan fingerprint density at radius 3 is 2.79 bits per heavy atom. The fourth-order valence-corrected chi connectivity index (χ4v) is 7.08. The van der Waals surface area contributed by atoms with E-state index in [1.807, 2.05) is 36.6 Å². The van der Waals surface area contributed by atoms with Gasteiger partial charge in [0, 0.05) is 28.7 Å². The van der Waals surface area contributed by atoms with E-state index in [2.05, 4.69) is 10.3 Å². The maximum absolute atomic E-state index is 13.0. The van der Waals surface area contributed by atoms with Gasteiger partial charge in [0.1, 0.15) is 9.84 Å². The van der Waals surface area contributed by atoms with Crippen LogP contribution in [0.3, 0.4) is 0 Å². The number of thiophene rings is 1. The van der Waals surface area contributed by atoms with E-state index in [1.165, 1.54) is 40.0 Å². The van der Waals surface area contributed by atoms with Crippen LogP contribution in [0.2, 0.25) is 0 Å². The fourth-order valence-electron chi connectivity index (χ4n) is 4.01. The molecule has 4 aromatic rings. The van der Waals surface area contributed by atoms with Gasteiger partial charge in [-0.3, -0.25) is 14.2 Å². The number of anilines is 1. The number of rotatable bonds is 6. The maximum Gasteiger partial charge on any atom is 0.262 e. The van der Waals surface area contributed by atoms with Gasteiger partial charge in [-0.2, -0.15) is 0 Å². The molecule has 0 saturated carbocycles. The average Bonchev–Trinajstić information content (AvgIpc) is 3.40. The van der Waals surface area contributed by atoms with E-state index >= 15 is 0 Å². The molecule has 0 atom stereocenters. The summed E-state index contributed by atoms with van der Waals surface area (Å²) in [4.78, 5) is 37.0. The van der Waals surface area contributed by atoms with E-state index < -0.39 is 0 Å². The summed E-state index contributed by atoms with van der Waals surface area (Å²) in [5.74, 6) is 0.524. The van der Waals surface area contributed by atoms with Crippen molar-refractivity contribution in [3.05, 3.63) is 66.7 Å². The summed E-state index contributed by atoms with van der Waals surface area (Å²) in [5.41, 5.74) is 4.10. The Labute approximate surface area is 204 Å². The summed E-state index contributed by atoms with van der Waals surface area (Å²) in [6, 6.07) is 7.74. The van der Waals surface area contributed by atoms with Gasteiger partial charge in [-0.1, -0.05) is 29.5 Å². The number of hydrogen-bond donors (Lipinski definition) is 1. The molecule has 0 bridgehead atoms. The Hall–Kier alpha value is -2.49. The van der Waals surface area contributed by atoms with Crippen molar-refractivity contribution in [3.63, 3.8) is 0 Å². The first-order valence-electron chi connectivity index (χ1n) is 10.9. The number of nitrogens with zero attached hydrogens (tertiary/aromatic N) is 3. The first kappa shape index (κ1) is 22.3. The van der Waals surface area contributed by atoms with Crippen molar-refractivity contribution in [2.24, 2.45) is 7.05 Å². The molecule has 1 aliphatic carbocycles. The molecule has 9 heteroatoms. The molecule has 0 fully saturated rings. The molecule has 1 aromatic carbocycles. The number of aryl methyl sites for hydroxylation is 3. The molecular formula is C24H24N4O2S3. The number of thiazole rings is 1. The molecule has 0 aliphatic heterocycles. The van der Waals surface area contributed by atoms with Crippen LogP contribution in [-0.2, 0) is 36.9 Å². The lowest BCUT2D eigenvalue weighted by atomic mass is 9.97. The minimum atomic E-state index is -0.0800. The molecule has 0 radical (unpaired) electrons. The monoisotopic (exact) mass is 496 g/mol. The highest BCUT2D eigenvalue weighted by Gasteiger charge is 2.21. The number of hydrogen-bond acceptors (Lipinski definition) is 7. The van der Waals surface area contributed by atoms with Gasteiger partial charge in [0.15, 0.2) is 5.16 Å². The minimum Gasteiger partial charge on any atom is -0.326 e. The number of carbonyl (C=O) groups is 1. The maximum atomic E-state index is 13.0. The van der Waals surface area contributed by atoms with E-state index in [0.717, 1.165) is 51.4 Å². The van der Waals surface area contributed by atoms with Crippen molar-refractivity contribution in [1.29, 1.82) is 0 Å². The number of fused-ring (bicyclic) bond motifs is 3. The van der Waals surface area contributed by atoms with Gasteiger partial charge >= 0.3 is 0 Å². The summed E-state index contributed by atoms with van der Waals surface area (Å²) in [7, 11) is 1.80. The van der Waals surface area contributed by atoms with Crippen LogP contribution < -0.4 is 10.9 Å². The van der Waals surface area contributed by atoms with Gasteiger partial charge in [0.25, 0.3) is 5.56 Å². The highest BCUT2D eigenvalue weighted by molar-refractivity contribution is 7.98. The number of nitrogens with one attached hydrogen (secondary N) is 1. The minimum absolute atomic E-state index is 0.0497. The van der Waals surface area contributed by atoms with Crippen molar-refractivity contribution >= 4 is 56.2 Å². The predicted octanol–water partition coefficient (Wildman–Crippen LogP) is 5.11. The van der Waals surface area contributed by atoms with Crippen molar-refractivity contribution in [3.8, 4) is 0 Å². The first-order chi connectivity index (χ1) is 16.0. The van der Waals surface area contributed by atoms with E-state index in [4.69, 9.17) is 4.98 Å². The van der Waals surface area contributed by atoms with E-state index in [0.29, 0.717) is 10.9 Å². The quantitative estimate of drug-likeness (QED) is 0.296. The molecule has 3 aromatic heterocycles. The molecule has 1 amide bonds. The molecule has 170 valence electrons. The molecule has 1 aliphatic rings.